The number of likely N-dealkylation sites (tertiary alicyclic amines) is 1. The average molecular weight is 550 g/mol. The largest absolute Gasteiger partial charge is 0.497 e. The van der Waals surface area contributed by atoms with Crippen molar-refractivity contribution in [3.63, 3.8) is 0 Å². The van der Waals surface area contributed by atoms with Crippen LogP contribution < -0.4 is 4.74 Å². The molecule has 1 aromatic heterocycles. The quantitative estimate of drug-likeness (QED) is 0.207. The maximum Gasteiger partial charge on any atom is 0.119 e. The lowest BCUT2D eigenvalue weighted by molar-refractivity contribution is 0.0238. The summed E-state index contributed by atoms with van der Waals surface area (Å²) in [6.45, 7) is 3.12. The van der Waals surface area contributed by atoms with E-state index in [0.717, 1.165) is 67.0 Å². The van der Waals surface area contributed by atoms with Crippen molar-refractivity contribution in [3.8, 4) is 5.75 Å². The van der Waals surface area contributed by atoms with Gasteiger partial charge in [-0.05, 0) is 99.3 Å². The Morgan fingerprint density at radius 3 is 2.69 bits per heavy atom. The van der Waals surface area contributed by atoms with Gasteiger partial charge >= 0.3 is 0 Å². The molecule has 1 aliphatic heterocycles. The van der Waals surface area contributed by atoms with Crippen molar-refractivity contribution in [1.82, 2.24) is 9.88 Å². The Morgan fingerprint density at radius 1 is 1.17 bits per heavy atom. The first-order chi connectivity index (χ1) is 17.4. The van der Waals surface area contributed by atoms with Crippen molar-refractivity contribution in [1.29, 1.82) is 0 Å². The summed E-state index contributed by atoms with van der Waals surface area (Å²) in [7, 11) is 1.62. The van der Waals surface area contributed by atoms with E-state index in [4.69, 9.17) is 27.9 Å². The number of methoxy groups -OCH3 is 1. The molecule has 36 heavy (non-hydrogen) atoms. The Hall–Kier alpha value is -1.54. The first-order valence-electron chi connectivity index (χ1n) is 12.4. The number of aliphatic hydroxyl groups excluding tert-OH is 2. The maximum absolute atomic E-state index is 11.2. The lowest BCUT2D eigenvalue weighted by Gasteiger charge is -2.41. The molecule has 0 radical (unpaired) electrons. The predicted octanol–water partition coefficient (Wildman–Crippen LogP) is 6.62. The summed E-state index contributed by atoms with van der Waals surface area (Å²) >= 11 is 14.4. The second-order valence-corrected chi connectivity index (χ2v) is 11.6. The van der Waals surface area contributed by atoms with Gasteiger partial charge in [0.1, 0.15) is 5.75 Å². The molecule has 194 valence electrons. The number of aromatic nitrogens is 1. The molecule has 1 fully saturated rings. The molecule has 1 unspecified atom stereocenters. The second-order valence-electron chi connectivity index (χ2n) is 9.62. The fourth-order valence-electron chi connectivity index (χ4n) is 4.99. The van der Waals surface area contributed by atoms with E-state index >= 15 is 0 Å². The van der Waals surface area contributed by atoms with Crippen LogP contribution in [0.4, 0.5) is 0 Å². The van der Waals surface area contributed by atoms with Gasteiger partial charge in [0.25, 0.3) is 0 Å². The minimum atomic E-state index is -0.736. The van der Waals surface area contributed by atoms with Gasteiger partial charge in [-0.25, -0.2) is 0 Å². The van der Waals surface area contributed by atoms with Crippen molar-refractivity contribution in [2.45, 2.75) is 43.1 Å². The molecule has 4 rings (SSSR count). The van der Waals surface area contributed by atoms with Crippen LogP contribution >= 0.6 is 35.0 Å². The number of hydrogen-bond acceptors (Lipinski definition) is 6. The monoisotopic (exact) mass is 548 g/mol. The zero-order chi connectivity index (χ0) is 25.5. The van der Waals surface area contributed by atoms with Gasteiger partial charge in [0.05, 0.1) is 23.8 Å². The lowest BCUT2D eigenvalue weighted by Crippen LogP contribution is -2.42. The van der Waals surface area contributed by atoms with Crippen molar-refractivity contribution in [2.75, 3.05) is 39.1 Å². The number of rotatable bonds is 11. The number of benzene rings is 2. The predicted molar refractivity (Wildman–Crippen MR) is 149 cm³/mol. The number of fused-ring (bicyclic) bond motifs is 1. The summed E-state index contributed by atoms with van der Waals surface area (Å²) in [5.74, 6) is 1.75. The van der Waals surface area contributed by atoms with Gasteiger partial charge in [-0.3, -0.25) is 4.98 Å². The number of aliphatic hydroxyl groups is 2. The third kappa shape index (κ3) is 6.85. The standard InChI is InChI=1S/C28H34Cl2N2O3S/c1-35-21-6-7-25-23(17-21)27(24(30)18-31-25)26(34)8-9-28(19-33)10-13-32(14-11-28)12-3-15-36-22-5-2-4-20(29)16-22/h2,4-7,16-18,26,33-34H,3,8-15,19H2,1H3. The van der Waals surface area contributed by atoms with Gasteiger partial charge in [-0.1, -0.05) is 29.3 Å². The zero-order valence-corrected chi connectivity index (χ0v) is 23.0. The number of ether oxygens (including phenoxy) is 1. The molecule has 0 amide bonds. The van der Waals surface area contributed by atoms with Crippen molar-refractivity contribution in [3.05, 3.63) is 64.3 Å². The van der Waals surface area contributed by atoms with E-state index in [1.165, 1.54) is 4.90 Å². The third-order valence-electron chi connectivity index (χ3n) is 7.29. The molecule has 1 aliphatic rings. The van der Waals surface area contributed by atoms with Gasteiger partial charge in [-0.15, -0.1) is 11.8 Å². The molecular formula is C28H34Cl2N2O3S. The molecule has 8 heteroatoms. The van der Waals surface area contributed by atoms with Gasteiger partial charge in [0.2, 0.25) is 0 Å². The van der Waals surface area contributed by atoms with E-state index < -0.39 is 6.10 Å². The van der Waals surface area contributed by atoms with E-state index in [9.17, 15) is 10.2 Å². The van der Waals surface area contributed by atoms with E-state index in [2.05, 4.69) is 16.0 Å². The van der Waals surface area contributed by atoms with E-state index in [0.29, 0.717) is 22.8 Å². The van der Waals surface area contributed by atoms with Gasteiger partial charge in [0.15, 0.2) is 0 Å². The summed E-state index contributed by atoms with van der Waals surface area (Å²) < 4.78 is 5.36. The van der Waals surface area contributed by atoms with E-state index in [-0.39, 0.29) is 12.0 Å². The molecule has 2 aromatic carbocycles. The molecule has 0 bridgehead atoms. The molecule has 2 N–H and O–H groups in total. The van der Waals surface area contributed by atoms with Crippen LogP contribution in [0.3, 0.4) is 0 Å². The first-order valence-corrected chi connectivity index (χ1v) is 14.2. The Balaban J connectivity index is 1.29. The summed E-state index contributed by atoms with van der Waals surface area (Å²) in [6, 6.07) is 13.6. The highest BCUT2D eigenvalue weighted by molar-refractivity contribution is 7.99. The smallest absolute Gasteiger partial charge is 0.119 e. The summed E-state index contributed by atoms with van der Waals surface area (Å²) in [6.07, 6.45) is 5.10. The average Bonchev–Trinajstić information content (AvgIpc) is 2.90. The summed E-state index contributed by atoms with van der Waals surface area (Å²) in [5, 5.41) is 23.5. The van der Waals surface area contributed by atoms with Gasteiger partial charge in [-0.2, -0.15) is 0 Å². The zero-order valence-electron chi connectivity index (χ0n) is 20.6. The van der Waals surface area contributed by atoms with Gasteiger partial charge in [0, 0.05) is 33.7 Å². The molecule has 2 heterocycles. The molecule has 0 spiro atoms. The fraction of sp³-hybridized carbons (Fsp3) is 0.464. The number of nitrogens with zero attached hydrogens (tertiary/aromatic N) is 2. The number of piperidine rings is 1. The lowest BCUT2D eigenvalue weighted by atomic mass is 9.74. The Morgan fingerprint density at radius 2 is 1.97 bits per heavy atom. The van der Waals surface area contributed by atoms with Crippen LogP contribution in [0.25, 0.3) is 10.9 Å². The minimum Gasteiger partial charge on any atom is -0.497 e. The molecular weight excluding hydrogens is 515 g/mol. The van der Waals surface area contributed by atoms with Crippen LogP contribution in [0, 0.1) is 5.41 Å². The molecule has 0 aliphatic carbocycles. The van der Waals surface area contributed by atoms with Crippen LogP contribution in [0.15, 0.2) is 53.6 Å². The molecule has 0 saturated carbocycles. The minimum absolute atomic E-state index is 0.136. The highest BCUT2D eigenvalue weighted by Crippen LogP contribution is 2.40. The number of hydrogen-bond donors (Lipinski definition) is 2. The Kier molecular flexibility index (Phi) is 9.78. The molecule has 1 atom stereocenters. The normalized spacial score (nSPS) is 16.8. The van der Waals surface area contributed by atoms with Crippen LogP contribution in [0.5, 0.6) is 5.75 Å². The summed E-state index contributed by atoms with van der Waals surface area (Å²) in [4.78, 5) is 8.08. The van der Waals surface area contributed by atoms with Crippen molar-refractivity contribution < 1.29 is 14.9 Å². The Bertz CT molecular complexity index is 1150. The van der Waals surface area contributed by atoms with Crippen molar-refractivity contribution >= 4 is 45.9 Å². The third-order valence-corrected chi connectivity index (χ3v) is 8.90. The Labute approximate surface area is 227 Å². The first kappa shape index (κ1) is 27.5. The highest BCUT2D eigenvalue weighted by Gasteiger charge is 2.34. The highest BCUT2D eigenvalue weighted by atomic mass is 35.5. The molecule has 1 saturated heterocycles. The number of halogens is 2. The topological polar surface area (TPSA) is 65.8 Å². The number of pyridine rings is 1. The molecule has 5 nitrogen and oxygen atoms in total. The van der Waals surface area contributed by atoms with Crippen LogP contribution in [-0.2, 0) is 0 Å². The SMILES string of the molecule is COc1ccc2ncc(Cl)c(C(O)CCC3(CO)CCN(CCCSc4cccc(Cl)c4)CC3)c2c1. The molecule has 3 aromatic rings. The van der Waals surface area contributed by atoms with Crippen LogP contribution in [0.1, 0.15) is 43.8 Å². The maximum atomic E-state index is 11.2. The summed E-state index contributed by atoms with van der Waals surface area (Å²) in [5.41, 5.74) is 1.29. The van der Waals surface area contributed by atoms with Gasteiger partial charge < -0.3 is 19.8 Å². The number of thioether (sulfide) groups is 1. The van der Waals surface area contributed by atoms with E-state index in [1.807, 2.05) is 48.2 Å². The van der Waals surface area contributed by atoms with E-state index in [1.54, 1.807) is 13.3 Å². The van der Waals surface area contributed by atoms with Crippen molar-refractivity contribution in [2.24, 2.45) is 5.41 Å². The van der Waals surface area contributed by atoms with Crippen LogP contribution in [0.2, 0.25) is 10.0 Å². The second kappa shape index (κ2) is 12.8. The van der Waals surface area contributed by atoms with Crippen LogP contribution in [-0.4, -0.2) is 59.2 Å². The fourth-order valence-corrected chi connectivity index (χ4v) is 6.42.